The Hall–Kier alpha value is -1.65. The highest BCUT2D eigenvalue weighted by Gasteiger charge is 2.01. The number of aliphatic hydroxyl groups is 2. The van der Waals surface area contributed by atoms with Gasteiger partial charge in [-0.15, -0.1) is 0 Å². The molecule has 0 aliphatic rings. The van der Waals surface area contributed by atoms with E-state index in [9.17, 15) is 15.0 Å². The van der Waals surface area contributed by atoms with Gasteiger partial charge in [0.15, 0.2) is 0 Å². The molecule has 0 rings (SSSR count). The van der Waals surface area contributed by atoms with Gasteiger partial charge >= 0.3 is 5.97 Å². The SMILES string of the molecule is CCCCC[C@H](O)C=CC=CCC=CC=C[C@H](O)CCCC(=O)O. The number of aliphatic carboxylic acids is 1. The molecule has 24 heavy (non-hydrogen) atoms. The minimum absolute atomic E-state index is 0.0896. The molecule has 3 N–H and O–H groups in total. The Labute approximate surface area is 145 Å². The molecule has 0 unspecified atom stereocenters. The van der Waals surface area contributed by atoms with E-state index in [4.69, 9.17) is 5.11 Å². The van der Waals surface area contributed by atoms with Crippen LogP contribution < -0.4 is 0 Å². The zero-order valence-corrected chi connectivity index (χ0v) is 14.7. The number of allylic oxidation sites excluding steroid dienone is 6. The summed E-state index contributed by atoms with van der Waals surface area (Å²) in [6.45, 7) is 2.15. The van der Waals surface area contributed by atoms with Crippen LogP contribution in [0.25, 0.3) is 0 Å². The normalized spacial score (nSPS) is 15.1. The van der Waals surface area contributed by atoms with Gasteiger partial charge in [-0.1, -0.05) is 74.8 Å². The molecule has 0 saturated carbocycles. The molecular formula is C20H32O4. The van der Waals surface area contributed by atoms with E-state index in [1.807, 2.05) is 36.5 Å². The fourth-order valence-electron chi connectivity index (χ4n) is 2.04. The molecule has 0 bridgehead atoms. The van der Waals surface area contributed by atoms with Crippen molar-refractivity contribution in [3.8, 4) is 0 Å². The number of rotatable bonds is 14. The van der Waals surface area contributed by atoms with Crippen molar-refractivity contribution in [3.05, 3.63) is 48.6 Å². The van der Waals surface area contributed by atoms with E-state index in [-0.39, 0.29) is 12.5 Å². The highest BCUT2D eigenvalue weighted by atomic mass is 16.4. The van der Waals surface area contributed by atoms with Crippen LogP contribution in [0.4, 0.5) is 0 Å². The number of unbranched alkanes of at least 4 members (excludes halogenated alkanes) is 2. The Balaban J connectivity index is 3.75. The lowest BCUT2D eigenvalue weighted by Crippen LogP contribution is -2.03. The van der Waals surface area contributed by atoms with Crippen LogP contribution in [-0.2, 0) is 4.79 Å². The zero-order chi connectivity index (χ0) is 18.0. The molecule has 0 aromatic heterocycles. The van der Waals surface area contributed by atoms with Gasteiger partial charge in [-0.05, 0) is 25.7 Å². The molecule has 0 radical (unpaired) electrons. The predicted molar refractivity (Wildman–Crippen MR) is 98.8 cm³/mol. The maximum absolute atomic E-state index is 10.3. The summed E-state index contributed by atoms with van der Waals surface area (Å²) in [7, 11) is 0. The van der Waals surface area contributed by atoms with E-state index in [0.717, 1.165) is 32.1 Å². The molecule has 0 aromatic rings. The van der Waals surface area contributed by atoms with E-state index in [1.54, 1.807) is 12.2 Å². The largest absolute Gasteiger partial charge is 0.481 e. The summed E-state index contributed by atoms with van der Waals surface area (Å²) in [5, 5.41) is 27.8. The maximum Gasteiger partial charge on any atom is 0.303 e. The van der Waals surface area contributed by atoms with Crippen LogP contribution in [0.1, 0.15) is 58.3 Å². The van der Waals surface area contributed by atoms with Crippen molar-refractivity contribution in [1.82, 2.24) is 0 Å². The first-order valence-electron chi connectivity index (χ1n) is 8.80. The molecule has 0 aromatic carbocycles. The fourth-order valence-corrected chi connectivity index (χ4v) is 2.04. The maximum atomic E-state index is 10.3. The third-order valence-electron chi connectivity index (χ3n) is 3.43. The van der Waals surface area contributed by atoms with Crippen molar-refractivity contribution >= 4 is 5.97 Å². The number of hydrogen-bond donors (Lipinski definition) is 3. The highest BCUT2D eigenvalue weighted by Crippen LogP contribution is 2.04. The van der Waals surface area contributed by atoms with Gasteiger partial charge < -0.3 is 15.3 Å². The van der Waals surface area contributed by atoms with Crippen LogP contribution in [-0.4, -0.2) is 33.5 Å². The average molecular weight is 336 g/mol. The summed E-state index contributed by atoms with van der Waals surface area (Å²) in [4.78, 5) is 10.3. The van der Waals surface area contributed by atoms with Crippen molar-refractivity contribution in [2.24, 2.45) is 0 Å². The first-order chi connectivity index (χ1) is 11.6. The lowest BCUT2D eigenvalue weighted by atomic mass is 10.1. The second-order valence-corrected chi connectivity index (χ2v) is 5.78. The monoisotopic (exact) mass is 336 g/mol. The van der Waals surface area contributed by atoms with E-state index < -0.39 is 12.1 Å². The van der Waals surface area contributed by atoms with Gasteiger partial charge in [-0.25, -0.2) is 0 Å². The molecule has 0 aliphatic carbocycles. The summed E-state index contributed by atoms with van der Waals surface area (Å²) >= 11 is 0. The van der Waals surface area contributed by atoms with Gasteiger partial charge in [-0.2, -0.15) is 0 Å². The standard InChI is InChI=1S/C20H32O4/c1-2-3-9-13-18(21)14-10-7-5-4-6-8-11-15-19(22)16-12-17-20(23)24/h5-8,10-11,14-15,18-19,21-22H,2-4,9,12-13,16-17H2,1H3,(H,23,24)/t18-,19-/m0/s1. The quantitative estimate of drug-likeness (QED) is 0.329. The molecule has 0 heterocycles. The van der Waals surface area contributed by atoms with Gasteiger partial charge in [0.05, 0.1) is 12.2 Å². The van der Waals surface area contributed by atoms with E-state index in [1.165, 1.54) is 0 Å². The second kappa shape index (κ2) is 16.2. The van der Waals surface area contributed by atoms with Crippen LogP contribution in [0.3, 0.4) is 0 Å². The Kier molecular flexibility index (Phi) is 15.1. The predicted octanol–water partition coefficient (Wildman–Crippen LogP) is 4.16. The van der Waals surface area contributed by atoms with Crippen molar-refractivity contribution in [2.45, 2.75) is 70.5 Å². The Bertz CT molecular complexity index is 421. The summed E-state index contributed by atoms with van der Waals surface area (Å²) in [5.74, 6) is -0.833. The van der Waals surface area contributed by atoms with E-state index in [0.29, 0.717) is 12.8 Å². The average Bonchev–Trinajstić information content (AvgIpc) is 2.53. The van der Waals surface area contributed by atoms with Crippen molar-refractivity contribution in [3.63, 3.8) is 0 Å². The van der Waals surface area contributed by atoms with Crippen molar-refractivity contribution in [1.29, 1.82) is 0 Å². The number of aliphatic hydroxyl groups excluding tert-OH is 2. The Morgan fingerprint density at radius 3 is 1.92 bits per heavy atom. The molecule has 4 nitrogen and oxygen atoms in total. The highest BCUT2D eigenvalue weighted by molar-refractivity contribution is 5.66. The first-order valence-corrected chi connectivity index (χ1v) is 8.80. The minimum Gasteiger partial charge on any atom is -0.481 e. The molecule has 0 amide bonds. The van der Waals surface area contributed by atoms with Gasteiger partial charge in [0.1, 0.15) is 0 Å². The summed E-state index contributed by atoms with van der Waals surface area (Å²) in [6.07, 6.45) is 19.9. The Morgan fingerprint density at radius 1 is 0.875 bits per heavy atom. The summed E-state index contributed by atoms with van der Waals surface area (Å²) in [5.41, 5.74) is 0. The number of carboxylic acids is 1. The number of carboxylic acid groups (broad SMARTS) is 1. The third-order valence-corrected chi connectivity index (χ3v) is 3.43. The van der Waals surface area contributed by atoms with Crippen LogP contribution in [0.2, 0.25) is 0 Å². The van der Waals surface area contributed by atoms with Gasteiger partial charge in [0.2, 0.25) is 0 Å². The van der Waals surface area contributed by atoms with E-state index in [2.05, 4.69) is 6.92 Å². The minimum atomic E-state index is -0.833. The third kappa shape index (κ3) is 16.7. The van der Waals surface area contributed by atoms with Gasteiger partial charge in [0, 0.05) is 6.42 Å². The lowest BCUT2D eigenvalue weighted by Gasteiger charge is -2.02. The summed E-state index contributed by atoms with van der Waals surface area (Å²) < 4.78 is 0. The van der Waals surface area contributed by atoms with Crippen LogP contribution in [0, 0.1) is 0 Å². The lowest BCUT2D eigenvalue weighted by molar-refractivity contribution is -0.137. The molecular weight excluding hydrogens is 304 g/mol. The molecule has 2 atom stereocenters. The first kappa shape index (κ1) is 22.4. The number of hydrogen-bond acceptors (Lipinski definition) is 3. The topological polar surface area (TPSA) is 77.8 Å². The molecule has 0 saturated heterocycles. The smallest absolute Gasteiger partial charge is 0.303 e. The second-order valence-electron chi connectivity index (χ2n) is 5.78. The number of carbonyl (C=O) groups is 1. The molecule has 0 spiro atoms. The summed E-state index contributed by atoms with van der Waals surface area (Å²) in [6, 6.07) is 0. The fraction of sp³-hybridized carbons (Fsp3) is 0.550. The van der Waals surface area contributed by atoms with Crippen molar-refractivity contribution in [2.75, 3.05) is 0 Å². The van der Waals surface area contributed by atoms with E-state index >= 15 is 0 Å². The van der Waals surface area contributed by atoms with Crippen molar-refractivity contribution < 1.29 is 20.1 Å². The Morgan fingerprint density at radius 2 is 1.42 bits per heavy atom. The van der Waals surface area contributed by atoms with Crippen LogP contribution >= 0.6 is 0 Å². The molecule has 0 aliphatic heterocycles. The molecule has 136 valence electrons. The van der Waals surface area contributed by atoms with Gasteiger partial charge in [-0.3, -0.25) is 4.79 Å². The molecule has 0 fully saturated rings. The van der Waals surface area contributed by atoms with Gasteiger partial charge in [0.25, 0.3) is 0 Å². The zero-order valence-electron chi connectivity index (χ0n) is 14.7. The van der Waals surface area contributed by atoms with Crippen LogP contribution in [0.5, 0.6) is 0 Å². The van der Waals surface area contributed by atoms with Crippen LogP contribution in [0.15, 0.2) is 48.6 Å². The molecule has 4 heteroatoms.